The average Bonchev–Trinajstić information content (AvgIpc) is 2.16. The monoisotopic (exact) mass is 237 g/mol. The van der Waals surface area contributed by atoms with Gasteiger partial charge in [-0.1, -0.05) is 18.5 Å². The molecule has 0 radical (unpaired) electrons. The molecule has 5 heteroatoms. The zero-order valence-electron chi connectivity index (χ0n) is 8.16. The molecule has 0 saturated heterocycles. The van der Waals surface area contributed by atoms with Gasteiger partial charge in [0.1, 0.15) is 5.82 Å². The van der Waals surface area contributed by atoms with Crippen LogP contribution < -0.4 is 5.73 Å². The van der Waals surface area contributed by atoms with E-state index in [4.69, 9.17) is 17.3 Å². The first-order valence-corrected chi connectivity index (χ1v) is 4.89. The highest BCUT2D eigenvalue weighted by Crippen LogP contribution is 2.30. The zero-order chi connectivity index (χ0) is 11.6. The van der Waals surface area contributed by atoms with E-state index in [1.165, 1.54) is 0 Å². The van der Waals surface area contributed by atoms with Crippen LogP contribution in [0, 0.1) is 17.5 Å². The molecule has 1 aromatic rings. The van der Waals surface area contributed by atoms with Crippen LogP contribution in [0.25, 0.3) is 0 Å². The van der Waals surface area contributed by atoms with Crippen molar-refractivity contribution in [3.63, 3.8) is 0 Å². The number of benzene rings is 1. The van der Waals surface area contributed by atoms with Gasteiger partial charge in [-0.3, -0.25) is 0 Å². The van der Waals surface area contributed by atoms with E-state index in [1.54, 1.807) is 6.92 Å². The average molecular weight is 238 g/mol. The fourth-order valence-electron chi connectivity index (χ4n) is 1.42. The van der Waals surface area contributed by atoms with Crippen molar-refractivity contribution in [3.05, 3.63) is 34.1 Å². The summed E-state index contributed by atoms with van der Waals surface area (Å²) in [4.78, 5) is 0. The summed E-state index contributed by atoms with van der Waals surface area (Å²) in [5.74, 6) is -3.72. The lowest BCUT2D eigenvalue weighted by atomic mass is 9.96. The van der Waals surface area contributed by atoms with Crippen molar-refractivity contribution in [2.45, 2.75) is 19.3 Å². The van der Waals surface area contributed by atoms with Gasteiger partial charge in [0.15, 0.2) is 11.6 Å². The second kappa shape index (κ2) is 4.86. The van der Waals surface area contributed by atoms with E-state index >= 15 is 0 Å². The minimum atomic E-state index is -1.18. The molecule has 1 unspecified atom stereocenters. The molecule has 0 spiro atoms. The second-order valence-electron chi connectivity index (χ2n) is 3.36. The lowest BCUT2D eigenvalue weighted by molar-refractivity contribution is 0.464. The van der Waals surface area contributed by atoms with E-state index in [0.29, 0.717) is 12.5 Å². The van der Waals surface area contributed by atoms with Gasteiger partial charge in [0, 0.05) is 5.56 Å². The summed E-state index contributed by atoms with van der Waals surface area (Å²) < 4.78 is 39.7. The molecule has 1 rings (SSSR count). The molecule has 0 bridgehead atoms. The molecule has 0 aliphatic rings. The smallest absolute Gasteiger partial charge is 0.165 e. The third-order valence-corrected chi connectivity index (χ3v) is 2.51. The number of rotatable bonds is 3. The molecule has 1 nitrogen and oxygen atoms in total. The van der Waals surface area contributed by atoms with Gasteiger partial charge in [-0.25, -0.2) is 13.2 Å². The van der Waals surface area contributed by atoms with E-state index in [9.17, 15) is 13.2 Å². The second-order valence-corrected chi connectivity index (χ2v) is 3.77. The standard InChI is InChI=1S/C10H11ClF3N/c1-5(2-3-15)8-9(13)6(11)4-7(12)10(8)14/h4-5H,2-3,15H2,1H3. The number of nitrogens with two attached hydrogens (primary N) is 1. The van der Waals surface area contributed by atoms with E-state index in [0.717, 1.165) is 0 Å². The molecule has 0 fully saturated rings. The van der Waals surface area contributed by atoms with Gasteiger partial charge in [0.05, 0.1) is 5.02 Å². The Hall–Kier alpha value is -0.740. The summed E-state index contributed by atoms with van der Waals surface area (Å²) in [5.41, 5.74) is 4.94. The Labute approximate surface area is 91.0 Å². The minimum absolute atomic E-state index is 0.272. The maximum atomic E-state index is 13.4. The summed E-state index contributed by atoms with van der Waals surface area (Å²) >= 11 is 5.42. The van der Waals surface area contributed by atoms with Crippen LogP contribution in [-0.4, -0.2) is 6.54 Å². The molecule has 0 saturated carbocycles. The van der Waals surface area contributed by atoms with Gasteiger partial charge >= 0.3 is 0 Å². The van der Waals surface area contributed by atoms with Crippen LogP contribution in [0.4, 0.5) is 13.2 Å². The quantitative estimate of drug-likeness (QED) is 0.803. The largest absolute Gasteiger partial charge is 0.330 e. The molecule has 1 atom stereocenters. The Morgan fingerprint density at radius 2 is 1.93 bits per heavy atom. The fourth-order valence-corrected chi connectivity index (χ4v) is 1.62. The molecular weight excluding hydrogens is 227 g/mol. The highest BCUT2D eigenvalue weighted by molar-refractivity contribution is 6.30. The highest BCUT2D eigenvalue weighted by atomic mass is 35.5. The molecule has 0 aromatic heterocycles. The number of hydrogen-bond donors (Lipinski definition) is 1. The van der Waals surface area contributed by atoms with Crippen molar-refractivity contribution >= 4 is 11.6 Å². The highest BCUT2D eigenvalue weighted by Gasteiger charge is 2.21. The van der Waals surface area contributed by atoms with Gasteiger partial charge in [-0.15, -0.1) is 0 Å². The maximum Gasteiger partial charge on any atom is 0.165 e. The van der Waals surface area contributed by atoms with Gasteiger partial charge in [-0.2, -0.15) is 0 Å². The zero-order valence-corrected chi connectivity index (χ0v) is 8.91. The molecule has 84 valence electrons. The fraction of sp³-hybridized carbons (Fsp3) is 0.400. The molecule has 0 aliphatic heterocycles. The van der Waals surface area contributed by atoms with Crippen LogP contribution in [0.1, 0.15) is 24.8 Å². The van der Waals surface area contributed by atoms with Crippen LogP contribution in [-0.2, 0) is 0 Å². The van der Waals surface area contributed by atoms with Crippen molar-refractivity contribution < 1.29 is 13.2 Å². The molecular formula is C10H11ClF3N. The first-order valence-electron chi connectivity index (χ1n) is 4.52. The summed E-state index contributed by atoms with van der Waals surface area (Å²) in [6.45, 7) is 1.85. The van der Waals surface area contributed by atoms with E-state index in [-0.39, 0.29) is 12.1 Å². The summed E-state index contributed by atoms with van der Waals surface area (Å²) in [7, 11) is 0. The SMILES string of the molecule is CC(CCN)c1c(F)c(F)cc(Cl)c1F. The summed E-state index contributed by atoms with van der Waals surface area (Å²) in [6, 6.07) is 0.630. The minimum Gasteiger partial charge on any atom is -0.330 e. The normalized spacial score (nSPS) is 12.9. The molecule has 0 heterocycles. The Kier molecular flexibility index (Phi) is 3.99. The predicted molar refractivity (Wildman–Crippen MR) is 53.4 cm³/mol. The van der Waals surface area contributed by atoms with Crippen molar-refractivity contribution in [1.82, 2.24) is 0 Å². The first kappa shape index (κ1) is 12.3. The van der Waals surface area contributed by atoms with Crippen LogP contribution in [0.2, 0.25) is 5.02 Å². The van der Waals surface area contributed by atoms with Crippen LogP contribution in [0.15, 0.2) is 6.07 Å². The molecule has 2 N–H and O–H groups in total. The van der Waals surface area contributed by atoms with Crippen LogP contribution in [0.3, 0.4) is 0 Å². The summed E-state index contributed by atoms with van der Waals surface area (Å²) in [5, 5.41) is -0.409. The third kappa shape index (κ3) is 2.44. The van der Waals surface area contributed by atoms with Gasteiger partial charge in [-0.05, 0) is 24.9 Å². The lowest BCUT2D eigenvalue weighted by Gasteiger charge is -2.13. The maximum absolute atomic E-state index is 13.4. The Bertz CT molecular complexity index is 342. The number of hydrogen-bond acceptors (Lipinski definition) is 1. The van der Waals surface area contributed by atoms with E-state index < -0.39 is 28.4 Å². The van der Waals surface area contributed by atoms with Crippen molar-refractivity contribution in [2.24, 2.45) is 5.73 Å². The first-order chi connectivity index (χ1) is 6.99. The predicted octanol–water partition coefficient (Wildman–Crippen LogP) is 3.21. The summed E-state index contributed by atoms with van der Waals surface area (Å²) in [6.07, 6.45) is 0.369. The Morgan fingerprint density at radius 3 is 2.47 bits per heavy atom. The van der Waals surface area contributed by atoms with Gasteiger partial charge in [0.25, 0.3) is 0 Å². The molecule has 0 amide bonds. The lowest BCUT2D eigenvalue weighted by Crippen LogP contribution is -2.09. The van der Waals surface area contributed by atoms with Gasteiger partial charge in [0.2, 0.25) is 0 Å². The molecule has 15 heavy (non-hydrogen) atoms. The topological polar surface area (TPSA) is 26.0 Å². The Morgan fingerprint density at radius 1 is 1.33 bits per heavy atom. The van der Waals surface area contributed by atoms with Crippen LogP contribution in [0.5, 0.6) is 0 Å². The Balaban J connectivity index is 3.26. The number of halogens is 4. The van der Waals surface area contributed by atoms with Crippen molar-refractivity contribution in [2.75, 3.05) is 6.54 Å². The van der Waals surface area contributed by atoms with Gasteiger partial charge < -0.3 is 5.73 Å². The third-order valence-electron chi connectivity index (χ3n) is 2.24. The van der Waals surface area contributed by atoms with Crippen molar-refractivity contribution in [3.8, 4) is 0 Å². The molecule has 1 aromatic carbocycles. The van der Waals surface area contributed by atoms with E-state index in [1.807, 2.05) is 0 Å². The van der Waals surface area contributed by atoms with Crippen molar-refractivity contribution in [1.29, 1.82) is 0 Å². The van der Waals surface area contributed by atoms with Crippen LogP contribution >= 0.6 is 11.6 Å². The molecule has 0 aliphatic carbocycles. The van der Waals surface area contributed by atoms with E-state index in [2.05, 4.69) is 0 Å².